The van der Waals surface area contributed by atoms with Gasteiger partial charge in [-0.15, -0.1) is 6.58 Å². The first-order chi connectivity index (χ1) is 16.0. The molecule has 2 heterocycles. The number of allylic oxidation sites excluding steroid dienone is 1. The smallest absolute Gasteiger partial charge is 0.262 e. The van der Waals surface area contributed by atoms with Gasteiger partial charge in [0.1, 0.15) is 5.75 Å². The van der Waals surface area contributed by atoms with E-state index in [-0.39, 0.29) is 11.5 Å². The van der Waals surface area contributed by atoms with Crippen LogP contribution in [0.25, 0.3) is 10.9 Å². The van der Waals surface area contributed by atoms with Gasteiger partial charge in [-0.25, -0.2) is 0 Å². The Balaban J connectivity index is 1.42. The lowest BCUT2D eigenvalue weighted by Gasteiger charge is -2.34. The van der Waals surface area contributed by atoms with Crippen LogP contribution in [0.4, 0.5) is 0 Å². The molecule has 172 valence electrons. The van der Waals surface area contributed by atoms with Gasteiger partial charge in [0, 0.05) is 44.8 Å². The molecule has 33 heavy (non-hydrogen) atoms. The van der Waals surface area contributed by atoms with E-state index < -0.39 is 0 Å². The second-order valence-electron chi connectivity index (χ2n) is 8.04. The number of aromatic amines is 1. The fourth-order valence-corrected chi connectivity index (χ4v) is 4.36. The Labute approximate surface area is 197 Å². The molecule has 8 heteroatoms. The van der Waals surface area contributed by atoms with Crippen LogP contribution in [-0.4, -0.2) is 58.0 Å². The number of carbonyl (C=O) groups excluding carboxylic acids is 1. The number of benzene rings is 2. The first kappa shape index (κ1) is 22.9. The minimum atomic E-state index is -0.185. The van der Waals surface area contributed by atoms with E-state index in [1.54, 1.807) is 24.3 Å². The Morgan fingerprint density at radius 3 is 2.55 bits per heavy atom. The van der Waals surface area contributed by atoms with Crippen LogP contribution in [0.1, 0.15) is 22.8 Å². The standard InChI is InChI=1S/C25H28N4O3S/c1-3-11-29-24(31)21-10-7-19(16-22(21)26-25(29)33)23(30)28-14-12-27(13-15-28)17-18-5-8-20(9-6-18)32-4-2/h3,5-10,16H,1,4,11-15,17H2,2H3,(H,26,33). The Morgan fingerprint density at radius 2 is 1.88 bits per heavy atom. The first-order valence-electron chi connectivity index (χ1n) is 11.1. The molecule has 4 rings (SSSR count). The van der Waals surface area contributed by atoms with E-state index in [1.807, 2.05) is 24.0 Å². The molecule has 1 saturated heterocycles. The van der Waals surface area contributed by atoms with Crippen molar-refractivity contribution in [2.24, 2.45) is 0 Å². The molecular formula is C25H28N4O3S. The quantitative estimate of drug-likeness (QED) is 0.427. The SMILES string of the molecule is C=CCn1c(=S)[nH]c2cc(C(=O)N3CCN(Cc4ccc(OCC)cc4)CC3)ccc2c1=O. The second kappa shape index (κ2) is 10.1. The van der Waals surface area contributed by atoms with Gasteiger partial charge in [0.05, 0.1) is 17.5 Å². The number of nitrogens with one attached hydrogen (secondary N) is 1. The van der Waals surface area contributed by atoms with Crippen LogP contribution < -0.4 is 10.3 Å². The van der Waals surface area contributed by atoms with E-state index in [4.69, 9.17) is 17.0 Å². The minimum absolute atomic E-state index is 0.0350. The van der Waals surface area contributed by atoms with Gasteiger partial charge < -0.3 is 14.6 Å². The highest BCUT2D eigenvalue weighted by Crippen LogP contribution is 2.17. The summed E-state index contributed by atoms with van der Waals surface area (Å²) in [4.78, 5) is 33.1. The van der Waals surface area contributed by atoms with Crippen LogP contribution >= 0.6 is 12.2 Å². The third-order valence-electron chi connectivity index (χ3n) is 5.84. The summed E-state index contributed by atoms with van der Waals surface area (Å²) in [6.45, 7) is 10.4. The van der Waals surface area contributed by atoms with Gasteiger partial charge in [-0.05, 0) is 55.0 Å². The molecule has 3 aromatic rings. The number of ether oxygens (including phenoxy) is 1. The molecule has 0 unspecified atom stereocenters. The van der Waals surface area contributed by atoms with Crippen LogP contribution in [0, 0.1) is 4.77 Å². The molecule has 0 saturated carbocycles. The third kappa shape index (κ3) is 5.07. The fourth-order valence-electron chi connectivity index (χ4n) is 4.09. The zero-order valence-electron chi connectivity index (χ0n) is 18.8. The van der Waals surface area contributed by atoms with E-state index in [2.05, 4.69) is 28.6 Å². The number of carbonyl (C=O) groups is 1. The molecule has 0 aliphatic carbocycles. The molecule has 0 atom stereocenters. The van der Waals surface area contributed by atoms with Crippen LogP contribution in [0.15, 0.2) is 59.9 Å². The van der Waals surface area contributed by atoms with E-state index in [0.717, 1.165) is 25.4 Å². The number of nitrogens with zero attached hydrogens (tertiary/aromatic N) is 3. The van der Waals surface area contributed by atoms with Gasteiger partial charge >= 0.3 is 0 Å². The summed E-state index contributed by atoms with van der Waals surface area (Å²) in [5.74, 6) is 0.847. The first-order valence-corrected chi connectivity index (χ1v) is 11.5. The van der Waals surface area contributed by atoms with E-state index in [1.165, 1.54) is 10.1 Å². The molecule has 2 aromatic carbocycles. The lowest BCUT2D eigenvalue weighted by atomic mass is 10.1. The average molecular weight is 465 g/mol. The summed E-state index contributed by atoms with van der Waals surface area (Å²) in [6.07, 6.45) is 1.63. The van der Waals surface area contributed by atoms with E-state index in [9.17, 15) is 9.59 Å². The summed E-state index contributed by atoms with van der Waals surface area (Å²) in [5.41, 5.74) is 2.17. The van der Waals surface area contributed by atoms with Crippen molar-refractivity contribution in [3.63, 3.8) is 0 Å². The molecule has 0 spiro atoms. The molecule has 7 nitrogen and oxygen atoms in total. The van der Waals surface area contributed by atoms with Gasteiger partial charge in [0.15, 0.2) is 4.77 Å². The van der Waals surface area contributed by atoms with Crippen molar-refractivity contribution in [2.75, 3.05) is 32.8 Å². The van der Waals surface area contributed by atoms with Crippen LogP contribution in [-0.2, 0) is 13.1 Å². The van der Waals surface area contributed by atoms with Crippen LogP contribution in [0.5, 0.6) is 5.75 Å². The summed E-state index contributed by atoms with van der Waals surface area (Å²) < 4.78 is 7.28. The number of aromatic nitrogens is 2. The minimum Gasteiger partial charge on any atom is -0.494 e. The van der Waals surface area contributed by atoms with Crippen molar-refractivity contribution < 1.29 is 9.53 Å². The topological polar surface area (TPSA) is 70.6 Å². The van der Waals surface area contributed by atoms with Crippen molar-refractivity contribution in [1.82, 2.24) is 19.4 Å². The van der Waals surface area contributed by atoms with Crippen molar-refractivity contribution in [3.05, 3.63) is 81.4 Å². The lowest BCUT2D eigenvalue weighted by molar-refractivity contribution is 0.0628. The molecule has 1 aromatic heterocycles. The van der Waals surface area contributed by atoms with Gasteiger partial charge in [-0.1, -0.05) is 18.2 Å². The number of hydrogen-bond acceptors (Lipinski definition) is 5. The third-order valence-corrected chi connectivity index (χ3v) is 6.16. The maximum atomic E-state index is 13.1. The predicted molar refractivity (Wildman–Crippen MR) is 132 cm³/mol. The summed E-state index contributed by atoms with van der Waals surface area (Å²) in [5, 5.41) is 0.502. The van der Waals surface area contributed by atoms with Crippen molar-refractivity contribution in [2.45, 2.75) is 20.0 Å². The van der Waals surface area contributed by atoms with Crippen LogP contribution in [0.3, 0.4) is 0 Å². The average Bonchev–Trinajstić information content (AvgIpc) is 2.83. The maximum Gasteiger partial charge on any atom is 0.262 e. The van der Waals surface area contributed by atoms with Crippen molar-refractivity contribution >= 4 is 29.0 Å². The number of amides is 1. The summed E-state index contributed by atoms with van der Waals surface area (Å²) in [7, 11) is 0. The highest BCUT2D eigenvalue weighted by Gasteiger charge is 2.22. The summed E-state index contributed by atoms with van der Waals surface area (Å²) >= 11 is 5.31. The molecule has 0 bridgehead atoms. The maximum absolute atomic E-state index is 13.1. The lowest BCUT2D eigenvalue weighted by Crippen LogP contribution is -2.48. The Hall–Kier alpha value is -3.23. The Kier molecular flexibility index (Phi) is 7.05. The van der Waals surface area contributed by atoms with Gasteiger partial charge in [0.2, 0.25) is 0 Å². The highest BCUT2D eigenvalue weighted by molar-refractivity contribution is 7.71. The monoisotopic (exact) mass is 464 g/mol. The van der Waals surface area contributed by atoms with Crippen molar-refractivity contribution in [1.29, 1.82) is 0 Å². The molecule has 1 aliphatic heterocycles. The van der Waals surface area contributed by atoms with Gasteiger partial charge in [0.25, 0.3) is 11.5 Å². The number of H-pyrrole nitrogens is 1. The fraction of sp³-hybridized carbons (Fsp3) is 0.320. The zero-order chi connectivity index (χ0) is 23.4. The number of piperazine rings is 1. The normalized spacial score (nSPS) is 14.4. The highest BCUT2D eigenvalue weighted by atomic mass is 32.1. The van der Waals surface area contributed by atoms with E-state index in [0.29, 0.717) is 47.5 Å². The number of fused-ring (bicyclic) bond motifs is 1. The molecule has 1 aliphatic rings. The second-order valence-corrected chi connectivity index (χ2v) is 8.43. The predicted octanol–water partition coefficient (Wildman–Crippen LogP) is 3.60. The number of hydrogen-bond donors (Lipinski definition) is 1. The summed E-state index contributed by atoms with van der Waals surface area (Å²) in [6, 6.07) is 13.3. The molecule has 1 amide bonds. The molecule has 0 radical (unpaired) electrons. The van der Waals surface area contributed by atoms with Crippen LogP contribution in [0.2, 0.25) is 0 Å². The molecule has 1 fully saturated rings. The number of rotatable bonds is 7. The van der Waals surface area contributed by atoms with Crippen molar-refractivity contribution in [3.8, 4) is 5.75 Å². The van der Waals surface area contributed by atoms with E-state index >= 15 is 0 Å². The Bertz CT molecular complexity index is 1270. The van der Waals surface area contributed by atoms with Gasteiger partial charge in [-0.2, -0.15) is 0 Å². The molecular weight excluding hydrogens is 436 g/mol. The zero-order valence-corrected chi connectivity index (χ0v) is 19.6. The molecule has 1 N–H and O–H groups in total. The largest absolute Gasteiger partial charge is 0.494 e. The van der Waals surface area contributed by atoms with Gasteiger partial charge in [-0.3, -0.25) is 19.1 Å². The Morgan fingerprint density at radius 1 is 1.15 bits per heavy atom.